The minimum absolute atomic E-state index is 0.906. The molecular formula is C29H55N. The highest BCUT2D eigenvalue weighted by atomic mass is 14.5. The predicted octanol–water partition coefficient (Wildman–Crippen LogP) is 8.61. The maximum absolute atomic E-state index is 6.00. The fourth-order valence-corrected chi connectivity index (χ4v) is 8.53. The van der Waals surface area contributed by atoms with Gasteiger partial charge in [0, 0.05) is 0 Å². The van der Waals surface area contributed by atoms with Gasteiger partial charge in [-0.1, -0.05) is 78.6 Å². The molecule has 0 aromatic heterocycles. The standard InChI is InChI=1S/C29H55N/c1-4-8-22-15-23(9-5-2)18-28(17-22)26-11-7-12-27(21-26)29-19-24(10-6-3)16-25(20-29)13-14-30/h22-29H,4-21,30H2,1-3H3. The molecule has 0 heterocycles. The van der Waals surface area contributed by atoms with E-state index in [9.17, 15) is 0 Å². The summed E-state index contributed by atoms with van der Waals surface area (Å²) in [6, 6.07) is 0. The third-order valence-corrected chi connectivity index (χ3v) is 9.63. The molecule has 3 aliphatic rings. The lowest BCUT2D eigenvalue weighted by atomic mass is 9.60. The Bertz CT molecular complexity index is 391. The van der Waals surface area contributed by atoms with Gasteiger partial charge < -0.3 is 5.73 Å². The van der Waals surface area contributed by atoms with Crippen LogP contribution in [-0.4, -0.2) is 6.54 Å². The van der Waals surface area contributed by atoms with E-state index in [1.54, 1.807) is 44.9 Å². The lowest BCUT2D eigenvalue weighted by molar-refractivity contribution is 0.0542. The van der Waals surface area contributed by atoms with Crippen molar-refractivity contribution in [1.29, 1.82) is 0 Å². The third-order valence-electron chi connectivity index (χ3n) is 9.63. The molecule has 3 fully saturated rings. The average molecular weight is 418 g/mol. The van der Waals surface area contributed by atoms with Gasteiger partial charge in [-0.15, -0.1) is 0 Å². The largest absolute Gasteiger partial charge is 0.330 e. The van der Waals surface area contributed by atoms with Crippen molar-refractivity contribution in [3.63, 3.8) is 0 Å². The number of nitrogens with two attached hydrogens (primary N) is 1. The molecular weight excluding hydrogens is 362 g/mol. The Morgan fingerprint density at radius 2 is 0.900 bits per heavy atom. The van der Waals surface area contributed by atoms with Crippen LogP contribution in [0.5, 0.6) is 0 Å². The summed E-state index contributed by atoms with van der Waals surface area (Å²) in [5.74, 6) is 8.21. The number of hydrogen-bond acceptors (Lipinski definition) is 1. The van der Waals surface area contributed by atoms with Crippen LogP contribution in [0.15, 0.2) is 0 Å². The molecule has 0 radical (unpaired) electrons. The quantitative estimate of drug-likeness (QED) is 0.378. The van der Waals surface area contributed by atoms with Crippen LogP contribution in [0.4, 0.5) is 0 Å². The molecule has 0 saturated heterocycles. The topological polar surface area (TPSA) is 26.0 Å². The van der Waals surface area contributed by atoms with E-state index in [1.165, 1.54) is 64.2 Å². The Morgan fingerprint density at radius 1 is 0.500 bits per heavy atom. The zero-order valence-corrected chi connectivity index (χ0v) is 20.9. The fraction of sp³-hybridized carbons (Fsp3) is 1.00. The van der Waals surface area contributed by atoms with Crippen LogP contribution in [0, 0.1) is 47.3 Å². The summed E-state index contributed by atoms with van der Waals surface area (Å²) in [7, 11) is 0. The van der Waals surface area contributed by atoms with E-state index in [1.807, 2.05) is 0 Å². The SMILES string of the molecule is CCCC1CC(CCC)CC(C2CCCC(C3CC(CCC)CC(CCN)C3)C2)C1. The smallest absolute Gasteiger partial charge is 0.00746 e. The highest BCUT2D eigenvalue weighted by Crippen LogP contribution is 2.50. The summed E-state index contributed by atoms with van der Waals surface area (Å²) >= 11 is 0. The Morgan fingerprint density at radius 3 is 1.27 bits per heavy atom. The lowest BCUT2D eigenvalue weighted by Crippen LogP contribution is -2.35. The highest BCUT2D eigenvalue weighted by Gasteiger charge is 2.39. The zero-order valence-electron chi connectivity index (χ0n) is 20.9. The molecule has 0 bridgehead atoms. The van der Waals surface area contributed by atoms with E-state index in [4.69, 9.17) is 5.73 Å². The third kappa shape index (κ3) is 6.98. The van der Waals surface area contributed by atoms with Crippen LogP contribution < -0.4 is 5.73 Å². The van der Waals surface area contributed by atoms with Gasteiger partial charge in [-0.05, 0) is 105 Å². The molecule has 0 aliphatic heterocycles. The number of rotatable bonds is 10. The molecule has 0 amide bonds. The summed E-state index contributed by atoms with van der Waals surface area (Å²) < 4.78 is 0. The minimum Gasteiger partial charge on any atom is -0.330 e. The zero-order chi connectivity index (χ0) is 21.3. The maximum Gasteiger partial charge on any atom is -0.00746 e. The van der Waals surface area contributed by atoms with Crippen LogP contribution >= 0.6 is 0 Å². The molecule has 1 heteroatoms. The molecule has 1 nitrogen and oxygen atoms in total. The van der Waals surface area contributed by atoms with Crippen LogP contribution in [0.1, 0.15) is 130 Å². The second-order valence-corrected chi connectivity index (χ2v) is 12.0. The highest BCUT2D eigenvalue weighted by molar-refractivity contribution is 4.90. The van der Waals surface area contributed by atoms with Crippen molar-refractivity contribution < 1.29 is 0 Å². The van der Waals surface area contributed by atoms with E-state index < -0.39 is 0 Å². The van der Waals surface area contributed by atoms with Gasteiger partial charge in [0.25, 0.3) is 0 Å². The van der Waals surface area contributed by atoms with Crippen LogP contribution in [0.25, 0.3) is 0 Å². The summed E-state index contributed by atoms with van der Waals surface area (Å²) in [5, 5.41) is 0. The minimum atomic E-state index is 0.906. The van der Waals surface area contributed by atoms with E-state index in [0.29, 0.717) is 0 Å². The van der Waals surface area contributed by atoms with E-state index in [-0.39, 0.29) is 0 Å². The molecule has 7 atom stereocenters. The van der Waals surface area contributed by atoms with Gasteiger partial charge in [0.2, 0.25) is 0 Å². The van der Waals surface area contributed by atoms with E-state index in [0.717, 1.165) is 53.9 Å². The Kier molecular flexibility index (Phi) is 10.5. The van der Waals surface area contributed by atoms with Crippen molar-refractivity contribution in [3.8, 4) is 0 Å². The van der Waals surface area contributed by atoms with Gasteiger partial charge in [-0.25, -0.2) is 0 Å². The Balaban J connectivity index is 1.61. The second kappa shape index (κ2) is 12.9. The van der Waals surface area contributed by atoms with E-state index >= 15 is 0 Å². The maximum atomic E-state index is 6.00. The van der Waals surface area contributed by atoms with Crippen molar-refractivity contribution in [1.82, 2.24) is 0 Å². The summed E-state index contributed by atoms with van der Waals surface area (Å²) in [6.45, 7) is 8.11. The molecule has 7 unspecified atom stereocenters. The number of hydrogen-bond donors (Lipinski definition) is 1. The van der Waals surface area contributed by atoms with Crippen LogP contribution in [0.3, 0.4) is 0 Å². The van der Waals surface area contributed by atoms with Gasteiger partial charge in [-0.2, -0.15) is 0 Å². The predicted molar refractivity (Wildman–Crippen MR) is 132 cm³/mol. The first-order chi connectivity index (χ1) is 14.7. The lowest BCUT2D eigenvalue weighted by Gasteiger charge is -2.45. The monoisotopic (exact) mass is 417 g/mol. The first-order valence-corrected chi connectivity index (χ1v) is 14.4. The fourth-order valence-electron chi connectivity index (χ4n) is 8.53. The van der Waals surface area contributed by atoms with E-state index in [2.05, 4.69) is 20.8 Å². The molecule has 0 aromatic carbocycles. The summed E-state index contributed by atoms with van der Waals surface area (Å²) in [6.07, 6.45) is 25.4. The van der Waals surface area contributed by atoms with Gasteiger partial charge in [0.05, 0.1) is 0 Å². The van der Waals surface area contributed by atoms with Crippen molar-refractivity contribution in [3.05, 3.63) is 0 Å². The molecule has 3 rings (SSSR count). The van der Waals surface area contributed by atoms with Crippen molar-refractivity contribution in [2.75, 3.05) is 6.54 Å². The molecule has 3 aliphatic carbocycles. The van der Waals surface area contributed by atoms with Crippen LogP contribution in [-0.2, 0) is 0 Å². The molecule has 2 N–H and O–H groups in total. The average Bonchev–Trinajstić information content (AvgIpc) is 2.74. The molecule has 0 aromatic rings. The van der Waals surface area contributed by atoms with Gasteiger partial charge in [0.1, 0.15) is 0 Å². The molecule has 3 saturated carbocycles. The normalized spacial score (nSPS) is 40.4. The summed E-state index contributed by atoms with van der Waals surface area (Å²) in [4.78, 5) is 0. The van der Waals surface area contributed by atoms with Crippen LogP contribution in [0.2, 0.25) is 0 Å². The summed E-state index contributed by atoms with van der Waals surface area (Å²) in [5.41, 5.74) is 6.00. The molecule has 176 valence electrons. The molecule has 30 heavy (non-hydrogen) atoms. The second-order valence-electron chi connectivity index (χ2n) is 12.0. The van der Waals surface area contributed by atoms with Crippen molar-refractivity contribution >= 4 is 0 Å². The first-order valence-electron chi connectivity index (χ1n) is 14.4. The van der Waals surface area contributed by atoms with Gasteiger partial charge in [0.15, 0.2) is 0 Å². The van der Waals surface area contributed by atoms with Crippen molar-refractivity contribution in [2.45, 2.75) is 130 Å². The Labute approximate surface area is 189 Å². The van der Waals surface area contributed by atoms with Crippen molar-refractivity contribution in [2.24, 2.45) is 53.1 Å². The van der Waals surface area contributed by atoms with Gasteiger partial charge in [-0.3, -0.25) is 0 Å². The first kappa shape index (κ1) is 24.6. The molecule has 0 spiro atoms. The van der Waals surface area contributed by atoms with Gasteiger partial charge >= 0.3 is 0 Å². The Hall–Kier alpha value is -0.0400.